The second kappa shape index (κ2) is 8.90. The summed E-state index contributed by atoms with van der Waals surface area (Å²) < 4.78 is 33.6. The number of benzene rings is 1. The summed E-state index contributed by atoms with van der Waals surface area (Å²) in [6, 6.07) is 3.20. The Morgan fingerprint density at radius 2 is 1.87 bits per heavy atom. The van der Waals surface area contributed by atoms with E-state index in [1.54, 1.807) is 32.0 Å². The van der Waals surface area contributed by atoms with Crippen molar-refractivity contribution in [2.45, 2.75) is 13.5 Å². The van der Waals surface area contributed by atoms with Crippen LogP contribution in [0.15, 0.2) is 41.3 Å². The van der Waals surface area contributed by atoms with Crippen molar-refractivity contribution in [3.63, 3.8) is 0 Å². The van der Waals surface area contributed by atoms with E-state index in [0.717, 1.165) is 6.07 Å². The maximum atomic E-state index is 14.3. The van der Waals surface area contributed by atoms with E-state index in [4.69, 9.17) is 4.42 Å². The van der Waals surface area contributed by atoms with E-state index in [1.807, 2.05) is 0 Å². The second-order valence-corrected chi connectivity index (χ2v) is 7.12. The lowest BCUT2D eigenvalue weighted by Crippen LogP contribution is -2.27. The Labute approximate surface area is 177 Å². The molecule has 3 aromatic rings. The molecule has 0 saturated heterocycles. The lowest BCUT2D eigenvalue weighted by Gasteiger charge is -2.18. The number of anilines is 2. The van der Waals surface area contributed by atoms with Crippen molar-refractivity contribution in [2.24, 2.45) is 0 Å². The third kappa shape index (κ3) is 4.85. The SMILES string of the molecule is Cc1nc(N(C)C)ncc1C(=O)Nc1cc(C(=O)N(C)Cc2ccoc2)c(F)cc1F. The number of halogens is 2. The van der Waals surface area contributed by atoms with Crippen LogP contribution >= 0.6 is 0 Å². The van der Waals surface area contributed by atoms with Crippen molar-refractivity contribution in [1.29, 1.82) is 0 Å². The monoisotopic (exact) mass is 429 g/mol. The van der Waals surface area contributed by atoms with E-state index in [-0.39, 0.29) is 23.4 Å². The zero-order chi connectivity index (χ0) is 22.7. The van der Waals surface area contributed by atoms with Crippen LogP contribution in [0, 0.1) is 18.6 Å². The van der Waals surface area contributed by atoms with Gasteiger partial charge in [-0.15, -0.1) is 0 Å². The van der Waals surface area contributed by atoms with Gasteiger partial charge in [-0.25, -0.2) is 18.7 Å². The molecule has 162 valence electrons. The highest BCUT2D eigenvalue weighted by molar-refractivity contribution is 6.05. The summed E-state index contributed by atoms with van der Waals surface area (Å²) in [7, 11) is 4.98. The molecule has 0 fully saturated rings. The Bertz CT molecular complexity index is 1120. The highest BCUT2D eigenvalue weighted by Crippen LogP contribution is 2.22. The standard InChI is InChI=1S/C21H21F2N5O3/c1-12-15(9-24-21(25-12)27(2)3)19(29)26-18-7-14(16(22)8-17(18)23)20(30)28(4)10-13-5-6-31-11-13/h5-9,11H,10H2,1-4H3,(H,26,29). The molecule has 2 heterocycles. The van der Waals surface area contributed by atoms with Gasteiger partial charge in [-0.1, -0.05) is 0 Å². The van der Waals surface area contributed by atoms with Crippen LogP contribution in [0.5, 0.6) is 0 Å². The van der Waals surface area contributed by atoms with Gasteiger partial charge < -0.3 is 19.5 Å². The zero-order valence-electron chi connectivity index (χ0n) is 17.4. The fourth-order valence-electron chi connectivity index (χ4n) is 2.83. The van der Waals surface area contributed by atoms with E-state index in [0.29, 0.717) is 23.3 Å². The van der Waals surface area contributed by atoms with Gasteiger partial charge in [0.05, 0.1) is 35.0 Å². The van der Waals surface area contributed by atoms with Crippen molar-refractivity contribution in [1.82, 2.24) is 14.9 Å². The quantitative estimate of drug-likeness (QED) is 0.647. The van der Waals surface area contributed by atoms with Crippen LogP contribution in [-0.2, 0) is 6.54 Å². The number of carbonyl (C=O) groups is 2. The first-order valence-electron chi connectivity index (χ1n) is 9.25. The van der Waals surface area contributed by atoms with Gasteiger partial charge in [0, 0.05) is 45.5 Å². The summed E-state index contributed by atoms with van der Waals surface area (Å²) in [5.41, 5.74) is 0.513. The van der Waals surface area contributed by atoms with Crippen LogP contribution in [-0.4, -0.2) is 47.8 Å². The number of carbonyl (C=O) groups excluding carboxylic acids is 2. The lowest BCUT2D eigenvalue weighted by molar-refractivity contribution is 0.0779. The molecule has 0 radical (unpaired) electrons. The van der Waals surface area contributed by atoms with Crippen molar-refractivity contribution < 1.29 is 22.8 Å². The first-order chi connectivity index (χ1) is 14.7. The van der Waals surface area contributed by atoms with Crippen LogP contribution in [0.3, 0.4) is 0 Å². The fourth-order valence-corrected chi connectivity index (χ4v) is 2.83. The maximum Gasteiger partial charge on any atom is 0.259 e. The third-order valence-corrected chi connectivity index (χ3v) is 4.49. The van der Waals surface area contributed by atoms with Gasteiger partial charge >= 0.3 is 0 Å². The summed E-state index contributed by atoms with van der Waals surface area (Å²) in [5.74, 6) is -2.99. The van der Waals surface area contributed by atoms with E-state index in [2.05, 4.69) is 15.3 Å². The predicted molar refractivity (Wildman–Crippen MR) is 110 cm³/mol. The number of aryl methyl sites for hydroxylation is 1. The molecule has 2 amide bonds. The molecule has 0 bridgehead atoms. The topological polar surface area (TPSA) is 91.6 Å². The van der Waals surface area contributed by atoms with Gasteiger partial charge in [-0.05, 0) is 19.1 Å². The van der Waals surface area contributed by atoms with E-state index in [1.165, 1.54) is 30.7 Å². The fraction of sp³-hybridized carbons (Fsp3) is 0.238. The zero-order valence-corrected chi connectivity index (χ0v) is 17.4. The van der Waals surface area contributed by atoms with Crippen molar-refractivity contribution in [2.75, 3.05) is 31.4 Å². The van der Waals surface area contributed by atoms with E-state index in [9.17, 15) is 18.4 Å². The molecule has 1 N–H and O–H groups in total. The predicted octanol–water partition coefficient (Wildman–Crippen LogP) is 3.25. The lowest BCUT2D eigenvalue weighted by atomic mass is 10.1. The molecular formula is C21H21F2N5O3. The summed E-state index contributed by atoms with van der Waals surface area (Å²) in [5, 5.41) is 2.36. The third-order valence-electron chi connectivity index (χ3n) is 4.49. The van der Waals surface area contributed by atoms with Crippen molar-refractivity contribution >= 4 is 23.5 Å². The summed E-state index contributed by atoms with van der Waals surface area (Å²) >= 11 is 0. The minimum absolute atomic E-state index is 0.124. The minimum Gasteiger partial charge on any atom is -0.472 e. The van der Waals surface area contributed by atoms with Gasteiger partial charge in [0.2, 0.25) is 5.95 Å². The first-order valence-corrected chi connectivity index (χ1v) is 9.25. The molecule has 10 heteroatoms. The number of hydrogen-bond acceptors (Lipinski definition) is 6. The van der Waals surface area contributed by atoms with E-state index < -0.39 is 23.4 Å². The highest BCUT2D eigenvalue weighted by Gasteiger charge is 2.22. The Morgan fingerprint density at radius 3 is 2.48 bits per heavy atom. The number of nitrogens with one attached hydrogen (secondary N) is 1. The first kappa shape index (κ1) is 21.9. The van der Waals surface area contributed by atoms with Crippen LogP contribution in [0.1, 0.15) is 32.0 Å². The molecule has 0 atom stereocenters. The number of aromatic nitrogens is 2. The van der Waals surface area contributed by atoms with E-state index >= 15 is 0 Å². The average molecular weight is 429 g/mol. The Balaban J connectivity index is 1.84. The molecule has 31 heavy (non-hydrogen) atoms. The largest absolute Gasteiger partial charge is 0.472 e. The summed E-state index contributed by atoms with van der Waals surface area (Å²) in [6.07, 6.45) is 4.23. The molecule has 2 aromatic heterocycles. The van der Waals surface area contributed by atoms with Crippen molar-refractivity contribution in [3.05, 3.63) is 70.9 Å². The molecule has 3 rings (SSSR count). The number of furan rings is 1. The van der Waals surface area contributed by atoms with Gasteiger partial charge in [0.25, 0.3) is 11.8 Å². The minimum atomic E-state index is -1.03. The molecule has 0 spiro atoms. The number of nitrogens with zero attached hydrogens (tertiary/aromatic N) is 4. The van der Waals surface area contributed by atoms with Gasteiger partial charge in [-0.3, -0.25) is 9.59 Å². The molecular weight excluding hydrogens is 408 g/mol. The Morgan fingerprint density at radius 1 is 1.13 bits per heavy atom. The van der Waals surface area contributed by atoms with Crippen LogP contribution in [0.2, 0.25) is 0 Å². The van der Waals surface area contributed by atoms with Gasteiger partial charge in [-0.2, -0.15) is 0 Å². The second-order valence-electron chi connectivity index (χ2n) is 7.12. The van der Waals surface area contributed by atoms with Crippen molar-refractivity contribution in [3.8, 4) is 0 Å². The molecule has 0 aliphatic heterocycles. The normalized spacial score (nSPS) is 10.6. The Hall–Kier alpha value is -3.82. The number of rotatable bonds is 6. The summed E-state index contributed by atoms with van der Waals surface area (Å²) in [4.78, 5) is 36.5. The van der Waals surface area contributed by atoms with Gasteiger partial charge in [0.15, 0.2) is 0 Å². The molecule has 0 unspecified atom stereocenters. The smallest absolute Gasteiger partial charge is 0.259 e. The molecule has 0 aliphatic rings. The number of hydrogen-bond donors (Lipinski definition) is 1. The molecule has 0 saturated carbocycles. The maximum absolute atomic E-state index is 14.3. The molecule has 0 aliphatic carbocycles. The van der Waals surface area contributed by atoms with Crippen LogP contribution in [0.25, 0.3) is 0 Å². The van der Waals surface area contributed by atoms with Crippen LogP contribution < -0.4 is 10.2 Å². The average Bonchev–Trinajstić information content (AvgIpc) is 3.22. The summed E-state index contributed by atoms with van der Waals surface area (Å²) in [6.45, 7) is 1.78. The Kier molecular flexibility index (Phi) is 6.28. The molecule has 1 aromatic carbocycles. The van der Waals surface area contributed by atoms with Crippen LogP contribution in [0.4, 0.5) is 20.4 Å². The van der Waals surface area contributed by atoms with Gasteiger partial charge in [0.1, 0.15) is 11.6 Å². The highest BCUT2D eigenvalue weighted by atomic mass is 19.1. The number of amides is 2. The molecule has 8 nitrogen and oxygen atoms in total.